The first-order chi connectivity index (χ1) is 11.6. The fraction of sp³-hybridized carbons (Fsp3) is 0.412. The molecular weight excluding hydrogens is 474 g/mol. The molecule has 0 aliphatic carbocycles. The van der Waals surface area contributed by atoms with Crippen LogP contribution in [0.5, 0.6) is 0 Å². The maximum absolute atomic E-state index is 13.8. The molecule has 0 saturated carbocycles. The van der Waals surface area contributed by atoms with Crippen LogP contribution in [-0.4, -0.2) is 30.6 Å². The fourth-order valence-corrected chi connectivity index (χ4v) is 3.23. The van der Waals surface area contributed by atoms with Gasteiger partial charge >= 0.3 is 0 Å². The van der Waals surface area contributed by atoms with Gasteiger partial charge in [-0.25, -0.2) is 9.37 Å². The van der Waals surface area contributed by atoms with E-state index in [9.17, 15) is 4.39 Å². The van der Waals surface area contributed by atoms with Crippen LogP contribution in [0.15, 0.2) is 29.4 Å². The van der Waals surface area contributed by atoms with Gasteiger partial charge in [-0.05, 0) is 32.4 Å². The van der Waals surface area contributed by atoms with Crippen LogP contribution in [0.1, 0.15) is 22.4 Å². The third-order valence-electron chi connectivity index (χ3n) is 3.34. The Hall–Kier alpha value is -0.930. The summed E-state index contributed by atoms with van der Waals surface area (Å²) in [5.74, 6) is 0.448. The van der Waals surface area contributed by atoms with Crippen molar-refractivity contribution < 1.29 is 4.39 Å². The van der Waals surface area contributed by atoms with E-state index < -0.39 is 0 Å². The van der Waals surface area contributed by atoms with Crippen LogP contribution >= 0.6 is 46.9 Å². The monoisotopic (exact) mass is 496 g/mol. The lowest BCUT2D eigenvalue weighted by Crippen LogP contribution is -2.38. The Morgan fingerprint density at radius 2 is 2.12 bits per heavy atom. The lowest BCUT2D eigenvalue weighted by atomic mass is 10.1. The number of halogens is 3. The van der Waals surface area contributed by atoms with E-state index in [-0.39, 0.29) is 29.8 Å². The minimum atomic E-state index is -0.273. The van der Waals surface area contributed by atoms with Gasteiger partial charge in [0.2, 0.25) is 0 Å². The molecular formula is C17H23ClFIN4S. The van der Waals surface area contributed by atoms with Crippen LogP contribution in [0, 0.1) is 12.7 Å². The van der Waals surface area contributed by atoms with Crippen molar-refractivity contribution in [3.05, 3.63) is 50.7 Å². The van der Waals surface area contributed by atoms with Gasteiger partial charge in [0.1, 0.15) is 5.82 Å². The van der Waals surface area contributed by atoms with E-state index in [1.165, 1.54) is 10.9 Å². The van der Waals surface area contributed by atoms with E-state index in [1.807, 2.05) is 20.0 Å². The van der Waals surface area contributed by atoms with Gasteiger partial charge in [0.25, 0.3) is 0 Å². The molecule has 4 nitrogen and oxygen atoms in total. The lowest BCUT2D eigenvalue weighted by Gasteiger charge is -2.12. The molecule has 0 amide bonds. The van der Waals surface area contributed by atoms with E-state index in [0.29, 0.717) is 30.1 Å². The van der Waals surface area contributed by atoms with Gasteiger partial charge in [0, 0.05) is 47.7 Å². The Morgan fingerprint density at radius 1 is 1.32 bits per heavy atom. The molecule has 8 heteroatoms. The Labute approximate surface area is 174 Å². The number of nitrogens with one attached hydrogen (secondary N) is 2. The molecule has 25 heavy (non-hydrogen) atoms. The number of nitrogens with zero attached hydrogens (tertiary/aromatic N) is 2. The number of aromatic nitrogens is 1. The summed E-state index contributed by atoms with van der Waals surface area (Å²) in [5, 5.41) is 7.94. The standard InChI is InChI=1S/C17H22ClFN4S.HI/c1-3-20-17(22-10-8-16-23-11-12(2)24-16)21-9-7-13-14(18)5-4-6-15(13)19;/h4-6,11H,3,7-10H2,1-2H3,(H2,20,21,22);1H. The number of benzene rings is 1. The topological polar surface area (TPSA) is 49.3 Å². The summed E-state index contributed by atoms with van der Waals surface area (Å²) in [6.07, 6.45) is 3.20. The molecule has 1 aromatic heterocycles. The molecule has 0 radical (unpaired) electrons. The van der Waals surface area contributed by atoms with E-state index in [0.717, 1.165) is 23.9 Å². The molecule has 138 valence electrons. The number of hydrogen-bond donors (Lipinski definition) is 2. The second kappa shape index (κ2) is 11.6. The number of thiazole rings is 1. The van der Waals surface area contributed by atoms with E-state index in [1.54, 1.807) is 23.5 Å². The van der Waals surface area contributed by atoms with Crippen LogP contribution < -0.4 is 10.6 Å². The highest BCUT2D eigenvalue weighted by Gasteiger charge is 2.07. The Morgan fingerprint density at radius 3 is 2.76 bits per heavy atom. The van der Waals surface area contributed by atoms with E-state index in [4.69, 9.17) is 11.6 Å². The molecule has 1 heterocycles. The number of aryl methyl sites for hydroxylation is 1. The Bertz CT molecular complexity index is 673. The minimum absolute atomic E-state index is 0. The quantitative estimate of drug-likeness (QED) is 0.343. The van der Waals surface area contributed by atoms with Gasteiger partial charge < -0.3 is 10.6 Å². The largest absolute Gasteiger partial charge is 0.357 e. The number of rotatable bonds is 7. The van der Waals surface area contributed by atoms with Crippen LogP contribution in [0.2, 0.25) is 5.02 Å². The molecule has 0 atom stereocenters. The average molecular weight is 497 g/mol. The zero-order valence-corrected chi connectivity index (χ0v) is 18.2. The highest BCUT2D eigenvalue weighted by molar-refractivity contribution is 14.0. The molecule has 2 N–H and O–H groups in total. The first-order valence-corrected chi connectivity index (χ1v) is 9.16. The van der Waals surface area contributed by atoms with Crippen molar-refractivity contribution >= 4 is 52.9 Å². The Kier molecular flexibility index (Phi) is 10.3. The summed E-state index contributed by atoms with van der Waals surface area (Å²) < 4.78 is 13.8. The predicted molar refractivity (Wildman–Crippen MR) is 115 cm³/mol. The molecule has 2 rings (SSSR count). The zero-order valence-electron chi connectivity index (χ0n) is 14.3. The van der Waals surface area contributed by atoms with Crippen LogP contribution in [0.3, 0.4) is 0 Å². The third kappa shape index (κ3) is 7.45. The summed E-state index contributed by atoms with van der Waals surface area (Å²) in [6, 6.07) is 4.74. The van der Waals surface area contributed by atoms with Crippen molar-refractivity contribution in [2.75, 3.05) is 19.6 Å². The van der Waals surface area contributed by atoms with Crippen molar-refractivity contribution in [3.8, 4) is 0 Å². The maximum atomic E-state index is 13.8. The van der Waals surface area contributed by atoms with Crippen molar-refractivity contribution in [3.63, 3.8) is 0 Å². The summed E-state index contributed by atoms with van der Waals surface area (Å²) in [4.78, 5) is 10.1. The van der Waals surface area contributed by atoms with Crippen molar-refractivity contribution in [2.24, 2.45) is 4.99 Å². The molecule has 0 saturated heterocycles. The second-order valence-corrected chi connectivity index (χ2v) is 6.98. The highest BCUT2D eigenvalue weighted by atomic mass is 127. The lowest BCUT2D eigenvalue weighted by molar-refractivity contribution is 0.607. The summed E-state index contributed by atoms with van der Waals surface area (Å²) in [6.45, 7) is 6.03. The molecule has 0 unspecified atom stereocenters. The van der Waals surface area contributed by atoms with Crippen LogP contribution in [0.4, 0.5) is 4.39 Å². The third-order valence-corrected chi connectivity index (χ3v) is 4.66. The molecule has 2 aromatic rings. The van der Waals surface area contributed by atoms with Crippen molar-refractivity contribution in [2.45, 2.75) is 26.7 Å². The number of guanidine groups is 1. The van der Waals surface area contributed by atoms with Gasteiger partial charge in [-0.2, -0.15) is 0 Å². The minimum Gasteiger partial charge on any atom is -0.357 e. The first kappa shape index (κ1) is 22.1. The zero-order chi connectivity index (χ0) is 17.4. The normalized spacial score (nSPS) is 11.1. The van der Waals surface area contributed by atoms with Gasteiger partial charge in [-0.15, -0.1) is 35.3 Å². The van der Waals surface area contributed by atoms with Gasteiger partial charge in [-0.1, -0.05) is 17.7 Å². The maximum Gasteiger partial charge on any atom is 0.191 e. The Balaban J connectivity index is 0.00000312. The molecule has 0 fully saturated rings. The SMILES string of the molecule is CCNC(=NCCc1ncc(C)s1)NCCc1c(F)cccc1Cl.I. The average Bonchev–Trinajstić information content (AvgIpc) is 2.95. The smallest absolute Gasteiger partial charge is 0.191 e. The van der Waals surface area contributed by atoms with Gasteiger partial charge in [-0.3, -0.25) is 4.99 Å². The molecule has 0 aliphatic heterocycles. The molecule has 0 spiro atoms. The molecule has 0 bridgehead atoms. The summed E-state index contributed by atoms with van der Waals surface area (Å²) in [5.41, 5.74) is 0.528. The van der Waals surface area contributed by atoms with E-state index >= 15 is 0 Å². The highest BCUT2D eigenvalue weighted by Crippen LogP contribution is 2.18. The van der Waals surface area contributed by atoms with E-state index in [2.05, 4.69) is 20.6 Å². The van der Waals surface area contributed by atoms with Gasteiger partial charge in [0.05, 0.1) is 5.01 Å². The summed E-state index contributed by atoms with van der Waals surface area (Å²) >= 11 is 7.73. The molecule has 1 aromatic carbocycles. The van der Waals surface area contributed by atoms with Crippen molar-refractivity contribution in [1.29, 1.82) is 0 Å². The number of aliphatic imine (C=N–C) groups is 1. The number of hydrogen-bond acceptors (Lipinski definition) is 3. The predicted octanol–water partition coefficient (Wildman–Crippen LogP) is 4.20. The van der Waals surface area contributed by atoms with Crippen molar-refractivity contribution in [1.82, 2.24) is 15.6 Å². The summed E-state index contributed by atoms with van der Waals surface area (Å²) in [7, 11) is 0. The van der Waals surface area contributed by atoms with Crippen LogP contribution in [0.25, 0.3) is 0 Å². The first-order valence-electron chi connectivity index (χ1n) is 7.96. The molecule has 0 aliphatic rings. The second-order valence-electron chi connectivity index (χ2n) is 5.25. The fourth-order valence-electron chi connectivity index (χ4n) is 2.20. The van der Waals surface area contributed by atoms with Crippen LogP contribution in [-0.2, 0) is 12.8 Å². The van der Waals surface area contributed by atoms with Gasteiger partial charge in [0.15, 0.2) is 5.96 Å².